The Morgan fingerprint density at radius 2 is 1.66 bits per heavy atom. The quantitative estimate of drug-likeness (QED) is 0.610. The molecule has 4 heterocycles. The van der Waals surface area contributed by atoms with Gasteiger partial charge in [-0.2, -0.15) is 0 Å². The van der Waals surface area contributed by atoms with Crippen molar-refractivity contribution < 1.29 is 14.4 Å². The molecule has 3 fully saturated rings. The summed E-state index contributed by atoms with van der Waals surface area (Å²) in [5.41, 5.74) is 1.04. The number of imide groups is 1. The third-order valence-corrected chi connectivity index (χ3v) is 7.89. The number of carbonyl (C=O) groups excluding carboxylic acids is 3. The van der Waals surface area contributed by atoms with Crippen LogP contribution in [-0.2, 0) is 19.9 Å². The molecule has 4 atom stereocenters. The number of fused-ring (bicyclic) bond motifs is 8. The smallest absolute Gasteiger partial charge is 0.250 e. The number of amides is 3. The van der Waals surface area contributed by atoms with Gasteiger partial charge in [0.25, 0.3) is 0 Å². The molecule has 1 spiro atoms. The van der Waals surface area contributed by atoms with Crippen LogP contribution < -0.4 is 10.2 Å². The minimum absolute atomic E-state index is 0.0983. The van der Waals surface area contributed by atoms with Gasteiger partial charge >= 0.3 is 0 Å². The fraction of sp³-hybridized carbons (Fsp3) is 0.269. The monoisotopic (exact) mass is 423 g/mol. The molecule has 158 valence electrons. The fourth-order valence-corrected chi connectivity index (χ4v) is 6.73. The van der Waals surface area contributed by atoms with Gasteiger partial charge in [-0.05, 0) is 48.4 Å². The van der Waals surface area contributed by atoms with Crippen LogP contribution in [0.5, 0.6) is 0 Å². The molecule has 3 aromatic carbocycles. The highest BCUT2D eigenvalue weighted by atomic mass is 16.2. The number of anilines is 2. The molecule has 4 aliphatic heterocycles. The van der Waals surface area contributed by atoms with E-state index in [0.29, 0.717) is 5.69 Å². The van der Waals surface area contributed by atoms with Gasteiger partial charge in [0.2, 0.25) is 17.7 Å². The summed E-state index contributed by atoms with van der Waals surface area (Å²) in [5, 5.41) is 5.04. The Morgan fingerprint density at radius 1 is 0.875 bits per heavy atom. The van der Waals surface area contributed by atoms with Crippen molar-refractivity contribution in [1.82, 2.24) is 4.90 Å². The third-order valence-electron chi connectivity index (χ3n) is 7.89. The first-order chi connectivity index (χ1) is 15.6. The van der Waals surface area contributed by atoms with E-state index in [1.165, 1.54) is 4.90 Å². The molecule has 6 heteroatoms. The normalized spacial score (nSPS) is 30.8. The second-order valence-electron chi connectivity index (χ2n) is 9.22. The van der Waals surface area contributed by atoms with Gasteiger partial charge in [0.05, 0.1) is 17.5 Å². The standard InChI is InChI=1S/C26H21N3O3/c30-23-21-20-10-5-13-28(20)26(18-8-3-4-9-19(18)27-25(26)32)22(21)24(31)29(23)17-12-11-15-6-1-2-7-16(15)14-17/h1-4,6-9,11-12,14,20-22H,5,10,13H2,(H,27,32)/t20?,21-,22+,26-/m1/s1. The van der Waals surface area contributed by atoms with E-state index in [2.05, 4.69) is 10.2 Å². The van der Waals surface area contributed by atoms with Crippen LogP contribution in [0, 0.1) is 11.8 Å². The summed E-state index contributed by atoms with van der Waals surface area (Å²) in [4.78, 5) is 44.8. The number of benzene rings is 3. The lowest BCUT2D eigenvalue weighted by atomic mass is 9.75. The first-order valence-corrected chi connectivity index (χ1v) is 11.2. The van der Waals surface area contributed by atoms with Crippen molar-refractivity contribution in [1.29, 1.82) is 0 Å². The number of rotatable bonds is 1. The van der Waals surface area contributed by atoms with Crippen molar-refractivity contribution in [2.24, 2.45) is 11.8 Å². The maximum Gasteiger partial charge on any atom is 0.250 e. The molecule has 0 aliphatic carbocycles. The van der Waals surface area contributed by atoms with Gasteiger partial charge in [0.1, 0.15) is 5.54 Å². The lowest BCUT2D eigenvalue weighted by Crippen LogP contribution is -2.54. The van der Waals surface area contributed by atoms with Crippen LogP contribution in [-0.4, -0.2) is 35.2 Å². The molecule has 3 aromatic rings. The summed E-state index contributed by atoms with van der Waals surface area (Å²) in [7, 11) is 0. The van der Waals surface area contributed by atoms with Crippen LogP contribution in [0.3, 0.4) is 0 Å². The highest BCUT2D eigenvalue weighted by molar-refractivity contribution is 6.26. The van der Waals surface area contributed by atoms with Gasteiger partial charge in [0, 0.05) is 17.3 Å². The SMILES string of the molecule is O=C1[C@@H]2C3CCCN3[C@@]3(C(=O)Nc4ccccc43)[C@@H]2C(=O)N1c1ccc2ccccc2c1. The van der Waals surface area contributed by atoms with E-state index >= 15 is 0 Å². The Bertz CT molecular complexity index is 1350. The number of para-hydroxylation sites is 1. The van der Waals surface area contributed by atoms with Crippen LogP contribution >= 0.6 is 0 Å². The van der Waals surface area contributed by atoms with E-state index in [0.717, 1.165) is 41.4 Å². The average molecular weight is 423 g/mol. The molecule has 0 bridgehead atoms. The predicted octanol–water partition coefficient (Wildman–Crippen LogP) is 3.27. The molecular weight excluding hydrogens is 402 g/mol. The minimum Gasteiger partial charge on any atom is -0.324 e. The number of hydrogen-bond acceptors (Lipinski definition) is 4. The largest absolute Gasteiger partial charge is 0.324 e. The average Bonchev–Trinajstić information content (AvgIpc) is 3.51. The highest BCUT2D eigenvalue weighted by Gasteiger charge is 2.74. The summed E-state index contributed by atoms with van der Waals surface area (Å²) in [6, 6.07) is 21.1. The Kier molecular flexibility index (Phi) is 3.42. The number of hydrogen-bond donors (Lipinski definition) is 1. The third kappa shape index (κ3) is 1.97. The van der Waals surface area contributed by atoms with Crippen molar-refractivity contribution >= 4 is 39.9 Å². The molecule has 3 amide bonds. The van der Waals surface area contributed by atoms with E-state index in [9.17, 15) is 14.4 Å². The van der Waals surface area contributed by atoms with Gasteiger partial charge in [-0.3, -0.25) is 19.3 Å². The molecular formula is C26H21N3O3. The van der Waals surface area contributed by atoms with Crippen LogP contribution in [0.2, 0.25) is 0 Å². The Hall–Kier alpha value is -3.51. The van der Waals surface area contributed by atoms with Crippen LogP contribution in [0.25, 0.3) is 10.8 Å². The number of nitrogens with zero attached hydrogens (tertiary/aromatic N) is 2. The first-order valence-electron chi connectivity index (χ1n) is 11.2. The summed E-state index contributed by atoms with van der Waals surface area (Å²) in [5.74, 6) is -1.85. The molecule has 32 heavy (non-hydrogen) atoms. The minimum atomic E-state index is -1.11. The number of carbonyl (C=O) groups is 3. The van der Waals surface area contributed by atoms with Crippen LogP contribution in [0.4, 0.5) is 11.4 Å². The zero-order valence-electron chi connectivity index (χ0n) is 17.3. The van der Waals surface area contributed by atoms with Crippen LogP contribution in [0.1, 0.15) is 18.4 Å². The van der Waals surface area contributed by atoms with Crippen molar-refractivity contribution in [3.8, 4) is 0 Å². The Labute approximate surface area is 184 Å². The molecule has 0 radical (unpaired) electrons. The molecule has 1 N–H and O–H groups in total. The zero-order valence-corrected chi connectivity index (χ0v) is 17.3. The molecule has 1 unspecified atom stereocenters. The number of nitrogens with one attached hydrogen (secondary N) is 1. The second-order valence-corrected chi connectivity index (χ2v) is 9.22. The van der Waals surface area contributed by atoms with Crippen molar-refractivity contribution in [2.45, 2.75) is 24.4 Å². The maximum atomic E-state index is 14.0. The van der Waals surface area contributed by atoms with E-state index in [1.807, 2.05) is 66.7 Å². The topological polar surface area (TPSA) is 69.7 Å². The summed E-state index contributed by atoms with van der Waals surface area (Å²) < 4.78 is 0. The first kappa shape index (κ1) is 18.1. The van der Waals surface area contributed by atoms with Gasteiger partial charge in [-0.1, -0.05) is 48.5 Å². The Morgan fingerprint density at radius 3 is 2.53 bits per heavy atom. The van der Waals surface area contributed by atoms with Gasteiger partial charge in [-0.25, -0.2) is 4.90 Å². The summed E-state index contributed by atoms with van der Waals surface area (Å²) >= 11 is 0. The van der Waals surface area contributed by atoms with Gasteiger partial charge in [-0.15, -0.1) is 0 Å². The second kappa shape index (κ2) is 6.04. The zero-order chi connectivity index (χ0) is 21.6. The van der Waals surface area contributed by atoms with Crippen LogP contribution in [0.15, 0.2) is 66.7 Å². The van der Waals surface area contributed by atoms with E-state index in [1.54, 1.807) is 0 Å². The fourth-order valence-electron chi connectivity index (χ4n) is 6.73. The van der Waals surface area contributed by atoms with E-state index < -0.39 is 17.4 Å². The summed E-state index contributed by atoms with van der Waals surface area (Å²) in [6.07, 6.45) is 1.74. The van der Waals surface area contributed by atoms with Crippen molar-refractivity contribution in [3.63, 3.8) is 0 Å². The van der Waals surface area contributed by atoms with Crippen molar-refractivity contribution in [3.05, 3.63) is 72.3 Å². The molecule has 3 saturated heterocycles. The van der Waals surface area contributed by atoms with E-state index in [-0.39, 0.29) is 23.8 Å². The molecule has 0 saturated carbocycles. The van der Waals surface area contributed by atoms with E-state index in [4.69, 9.17) is 0 Å². The maximum absolute atomic E-state index is 14.0. The molecule has 4 aliphatic rings. The predicted molar refractivity (Wildman–Crippen MR) is 120 cm³/mol. The van der Waals surface area contributed by atoms with Gasteiger partial charge in [0.15, 0.2) is 0 Å². The molecule has 0 aromatic heterocycles. The Balaban J connectivity index is 1.42. The van der Waals surface area contributed by atoms with Crippen molar-refractivity contribution in [2.75, 3.05) is 16.8 Å². The molecule has 6 nitrogen and oxygen atoms in total. The highest BCUT2D eigenvalue weighted by Crippen LogP contribution is 2.60. The lowest BCUT2D eigenvalue weighted by molar-refractivity contribution is -0.135. The lowest BCUT2D eigenvalue weighted by Gasteiger charge is -2.36. The molecule has 7 rings (SSSR count). The van der Waals surface area contributed by atoms with Gasteiger partial charge < -0.3 is 5.32 Å². The summed E-state index contributed by atoms with van der Waals surface area (Å²) in [6.45, 7) is 0.718.